The molecule has 0 aliphatic rings. The molecule has 0 fully saturated rings. The third-order valence-electron chi connectivity index (χ3n) is 4.04. The number of amides is 2. The van der Waals surface area contributed by atoms with Crippen molar-refractivity contribution < 1.29 is 9.59 Å². The summed E-state index contributed by atoms with van der Waals surface area (Å²) in [4.78, 5) is 25.3. The first kappa shape index (κ1) is 18.9. The second kappa shape index (κ2) is 9.19. The Morgan fingerprint density at radius 2 is 1.54 bits per heavy atom. The molecule has 4 N–H and O–H groups in total. The van der Waals surface area contributed by atoms with Crippen molar-refractivity contribution in [2.75, 3.05) is 5.73 Å². The summed E-state index contributed by atoms with van der Waals surface area (Å²) in [6, 6.07) is 25.4. The van der Waals surface area contributed by atoms with Gasteiger partial charge in [0.05, 0.1) is 0 Å². The third kappa shape index (κ3) is 5.32. The summed E-state index contributed by atoms with van der Waals surface area (Å²) in [7, 11) is 0. The second-order valence-corrected chi connectivity index (χ2v) is 6.22. The first-order valence-corrected chi connectivity index (χ1v) is 8.87. The highest BCUT2D eigenvalue weighted by atomic mass is 16.2. The van der Waals surface area contributed by atoms with E-state index < -0.39 is 0 Å². The molecule has 0 aromatic heterocycles. The monoisotopic (exact) mass is 371 g/mol. The molecule has 0 saturated heterocycles. The highest BCUT2D eigenvalue weighted by Gasteiger charge is 2.14. The molecule has 5 heteroatoms. The van der Waals surface area contributed by atoms with Crippen molar-refractivity contribution in [3.05, 3.63) is 107 Å². The van der Waals surface area contributed by atoms with Crippen LogP contribution in [0.25, 0.3) is 6.08 Å². The summed E-state index contributed by atoms with van der Waals surface area (Å²) in [5.41, 5.74) is 8.74. The normalized spacial score (nSPS) is 10.9. The fourth-order valence-corrected chi connectivity index (χ4v) is 2.64. The Hall–Kier alpha value is -3.86. The van der Waals surface area contributed by atoms with Crippen molar-refractivity contribution >= 4 is 23.6 Å². The largest absolute Gasteiger partial charge is 0.399 e. The fraction of sp³-hybridized carbons (Fsp3) is 0.0435. The number of nitrogen functional groups attached to an aromatic ring is 1. The Bertz CT molecular complexity index is 983. The van der Waals surface area contributed by atoms with Crippen LogP contribution < -0.4 is 16.4 Å². The van der Waals surface area contributed by atoms with Crippen LogP contribution in [-0.4, -0.2) is 11.8 Å². The van der Waals surface area contributed by atoms with E-state index in [0.29, 0.717) is 17.8 Å². The molecule has 0 aliphatic carbocycles. The van der Waals surface area contributed by atoms with Crippen LogP contribution in [0.3, 0.4) is 0 Å². The molecule has 0 aliphatic heterocycles. The van der Waals surface area contributed by atoms with Gasteiger partial charge >= 0.3 is 0 Å². The van der Waals surface area contributed by atoms with Gasteiger partial charge in [-0.1, -0.05) is 60.7 Å². The molecule has 0 heterocycles. The standard InChI is InChI=1S/C23H21N3O2/c24-20-13-7-10-18(14-20)16-25-23(28)21(15-17-8-3-1-4-9-17)26-22(27)19-11-5-2-6-12-19/h1-15H,16,24H2,(H,25,28)(H,26,27)/b21-15-. The molecule has 0 unspecified atom stereocenters. The molecule has 3 aromatic carbocycles. The number of benzene rings is 3. The molecular weight excluding hydrogens is 350 g/mol. The van der Waals surface area contributed by atoms with E-state index in [2.05, 4.69) is 10.6 Å². The minimum atomic E-state index is -0.379. The molecule has 28 heavy (non-hydrogen) atoms. The zero-order valence-electron chi connectivity index (χ0n) is 15.3. The van der Waals surface area contributed by atoms with Gasteiger partial charge in [-0.05, 0) is 41.5 Å². The summed E-state index contributed by atoms with van der Waals surface area (Å²) in [6.45, 7) is 0.303. The molecule has 0 saturated carbocycles. The molecule has 0 spiro atoms. The highest BCUT2D eigenvalue weighted by Crippen LogP contribution is 2.09. The first-order valence-electron chi connectivity index (χ1n) is 8.87. The number of carbonyl (C=O) groups is 2. The SMILES string of the molecule is Nc1cccc(CNC(=O)/C(=C/c2ccccc2)NC(=O)c2ccccc2)c1. The van der Waals surface area contributed by atoms with Crippen molar-refractivity contribution in [1.82, 2.24) is 10.6 Å². The zero-order valence-corrected chi connectivity index (χ0v) is 15.3. The summed E-state index contributed by atoms with van der Waals surface area (Å²) in [6.07, 6.45) is 1.65. The highest BCUT2D eigenvalue weighted by molar-refractivity contribution is 6.05. The zero-order chi connectivity index (χ0) is 19.8. The summed E-state index contributed by atoms with van der Waals surface area (Å²) < 4.78 is 0. The number of hydrogen-bond donors (Lipinski definition) is 3. The molecular formula is C23H21N3O2. The summed E-state index contributed by atoms with van der Waals surface area (Å²) in [5.74, 6) is -0.725. The van der Waals surface area contributed by atoms with E-state index in [-0.39, 0.29) is 17.5 Å². The van der Waals surface area contributed by atoms with E-state index in [1.807, 2.05) is 48.5 Å². The van der Waals surface area contributed by atoms with Gasteiger partial charge in [0.1, 0.15) is 5.70 Å². The molecule has 3 aromatic rings. The van der Waals surface area contributed by atoms with Gasteiger partial charge in [-0.2, -0.15) is 0 Å². The Kier molecular flexibility index (Phi) is 6.21. The predicted octanol–water partition coefficient (Wildman–Crippen LogP) is 3.36. The predicted molar refractivity (Wildman–Crippen MR) is 111 cm³/mol. The lowest BCUT2D eigenvalue weighted by Crippen LogP contribution is -2.34. The Morgan fingerprint density at radius 3 is 2.21 bits per heavy atom. The summed E-state index contributed by atoms with van der Waals surface area (Å²) >= 11 is 0. The van der Waals surface area contributed by atoms with E-state index in [1.54, 1.807) is 42.5 Å². The third-order valence-corrected chi connectivity index (χ3v) is 4.04. The topological polar surface area (TPSA) is 84.2 Å². The van der Waals surface area contributed by atoms with E-state index >= 15 is 0 Å². The molecule has 2 amide bonds. The second-order valence-electron chi connectivity index (χ2n) is 6.22. The Labute approximate surface area is 163 Å². The van der Waals surface area contributed by atoms with Crippen LogP contribution in [0.4, 0.5) is 5.69 Å². The van der Waals surface area contributed by atoms with Crippen LogP contribution >= 0.6 is 0 Å². The van der Waals surface area contributed by atoms with Crippen LogP contribution in [0.5, 0.6) is 0 Å². The van der Waals surface area contributed by atoms with Gasteiger partial charge in [0, 0.05) is 17.8 Å². The van der Waals surface area contributed by atoms with Crippen LogP contribution in [0.1, 0.15) is 21.5 Å². The molecule has 5 nitrogen and oxygen atoms in total. The first-order chi connectivity index (χ1) is 13.6. The Morgan fingerprint density at radius 1 is 0.857 bits per heavy atom. The minimum Gasteiger partial charge on any atom is -0.399 e. The van der Waals surface area contributed by atoms with Crippen LogP contribution in [0.15, 0.2) is 90.6 Å². The minimum absolute atomic E-state index is 0.170. The lowest BCUT2D eigenvalue weighted by molar-refractivity contribution is -0.117. The van der Waals surface area contributed by atoms with E-state index in [1.165, 1.54) is 0 Å². The molecule has 140 valence electrons. The van der Waals surface area contributed by atoms with Gasteiger partial charge < -0.3 is 16.4 Å². The van der Waals surface area contributed by atoms with E-state index in [9.17, 15) is 9.59 Å². The maximum absolute atomic E-state index is 12.7. The lowest BCUT2D eigenvalue weighted by atomic mass is 10.1. The number of nitrogens with two attached hydrogens (primary N) is 1. The van der Waals surface area contributed by atoms with Crippen molar-refractivity contribution in [2.24, 2.45) is 0 Å². The van der Waals surface area contributed by atoms with Crippen molar-refractivity contribution in [1.29, 1.82) is 0 Å². The van der Waals surface area contributed by atoms with Gasteiger partial charge in [0.2, 0.25) is 0 Å². The molecule has 0 atom stereocenters. The maximum Gasteiger partial charge on any atom is 0.268 e. The molecule has 3 rings (SSSR count). The van der Waals surface area contributed by atoms with Gasteiger partial charge in [-0.3, -0.25) is 9.59 Å². The van der Waals surface area contributed by atoms with Crippen LogP contribution in [0.2, 0.25) is 0 Å². The number of carbonyl (C=O) groups excluding carboxylic acids is 2. The van der Waals surface area contributed by atoms with Crippen molar-refractivity contribution in [3.8, 4) is 0 Å². The van der Waals surface area contributed by atoms with Crippen LogP contribution in [0, 0.1) is 0 Å². The average molecular weight is 371 g/mol. The van der Waals surface area contributed by atoms with Gasteiger partial charge in [-0.15, -0.1) is 0 Å². The average Bonchev–Trinajstić information content (AvgIpc) is 2.73. The van der Waals surface area contributed by atoms with E-state index in [0.717, 1.165) is 11.1 Å². The fourth-order valence-electron chi connectivity index (χ4n) is 2.64. The van der Waals surface area contributed by atoms with Crippen molar-refractivity contribution in [2.45, 2.75) is 6.54 Å². The molecule has 0 radical (unpaired) electrons. The number of anilines is 1. The summed E-state index contributed by atoms with van der Waals surface area (Å²) in [5, 5.41) is 5.54. The maximum atomic E-state index is 12.7. The Balaban J connectivity index is 1.78. The van der Waals surface area contributed by atoms with Gasteiger partial charge in [0.25, 0.3) is 11.8 Å². The van der Waals surface area contributed by atoms with Gasteiger partial charge in [-0.25, -0.2) is 0 Å². The number of nitrogens with one attached hydrogen (secondary N) is 2. The van der Waals surface area contributed by atoms with Gasteiger partial charge in [0.15, 0.2) is 0 Å². The number of hydrogen-bond acceptors (Lipinski definition) is 3. The van der Waals surface area contributed by atoms with Crippen LogP contribution in [-0.2, 0) is 11.3 Å². The number of rotatable bonds is 6. The van der Waals surface area contributed by atoms with E-state index in [4.69, 9.17) is 5.73 Å². The lowest BCUT2D eigenvalue weighted by Gasteiger charge is -2.12. The van der Waals surface area contributed by atoms with Crippen molar-refractivity contribution in [3.63, 3.8) is 0 Å². The smallest absolute Gasteiger partial charge is 0.268 e. The quantitative estimate of drug-likeness (QED) is 0.459. The molecule has 0 bridgehead atoms.